The van der Waals surface area contributed by atoms with Gasteiger partial charge in [-0.1, -0.05) is 48.9 Å². The zero-order valence-corrected chi connectivity index (χ0v) is 23.9. The summed E-state index contributed by atoms with van der Waals surface area (Å²) >= 11 is 0. The molecular formula is C34H46N2O3. The van der Waals surface area contributed by atoms with Gasteiger partial charge in [0.1, 0.15) is 5.75 Å². The van der Waals surface area contributed by atoms with Gasteiger partial charge in [-0.2, -0.15) is 0 Å². The molecule has 39 heavy (non-hydrogen) atoms. The van der Waals surface area contributed by atoms with Crippen LogP contribution in [0.25, 0.3) is 0 Å². The molecule has 0 radical (unpaired) electrons. The van der Waals surface area contributed by atoms with Gasteiger partial charge in [0.05, 0.1) is 0 Å². The number of fused-ring (bicyclic) bond motifs is 1. The van der Waals surface area contributed by atoms with E-state index in [1.54, 1.807) is 0 Å². The number of piperidine rings is 1. The van der Waals surface area contributed by atoms with Crippen LogP contribution in [0.3, 0.4) is 0 Å². The van der Waals surface area contributed by atoms with E-state index < -0.39 is 0 Å². The third-order valence-corrected chi connectivity index (χ3v) is 9.61. The van der Waals surface area contributed by atoms with Crippen molar-refractivity contribution in [3.63, 3.8) is 0 Å². The molecule has 1 heterocycles. The number of esters is 1. The van der Waals surface area contributed by atoms with Crippen LogP contribution in [0.4, 0.5) is 0 Å². The summed E-state index contributed by atoms with van der Waals surface area (Å²) in [6, 6.07) is 19.1. The number of amides is 1. The van der Waals surface area contributed by atoms with Crippen LogP contribution in [0.1, 0.15) is 82.3 Å². The van der Waals surface area contributed by atoms with E-state index in [2.05, 4.69) is 52.3 Å². The molecule has 210 valence electrons. The second kappa shape index (κ2) is 12.7. The van der Waals surface area contributed by atoms with Gasteiger partial charge in [0, 0.05) is 44.9 Å². The highest BCUT2D eigenvalue weighted by Gasteiger charge is 2.49. The number of rotatable bonds is 11. The Morgan fingerprint density at radius 3 is 2.59 bits per heavy atom. The second-order valence-corrected chi connectivity index (χ2v) is 12.4. The molecule has 2 aliphatic carbocycles. The molecule has 2 saturated carbocycles. The molecule has 0 unspecified atom stereocenters. The summed E-state index contributed by atoms with van der Waals surface area (Å²) in [5.41, 5.74) is 2.68. The number of unbranched alkanes of at least 4 members (excludes halogenated alkanes) is 2. The maximum atomic E-state index is 13.3. The van der Waals surface area contributed by atoms with E-state index in [0.29, 0.717) is 18.1 Å². The lowest BCUT2D eigenvalue weighted by atomic mass is 9.57. The Morgan fingerprint density at radius 2 is 1.82 bits per heavy atom. The summed E-state index contributed by atoms with van der Waals surface area (Å²) in [5, 5.41) is 0. The standard InChI is InChI=1S/C34H46N2O3/c1-26(37)39-32-14-9-13-29(22-32)34-20-21-36(24-28-16-17-28)25-30(34)18-19-31(23-34)35(2)33(38)15-8-4-7-12-27-10-5-3-6-11-27/h3,5-6,9-11,13-14,22,28,30-31H,4,7-8,12,15-21,23-25H2,1-2H3/t30-,31-,34+/m1/s1. The maximum Gasteiger partial charge on any atom is 0.308 e. The molecule has 1 aliphatic heterocycles. The van der Waals surface area contributed by atoms with Crippen molar-refractivity contribution < 1.29 is 14.3 Å². The van der Waals surface area contributed by atoms with Gasteiger partial charge in [0.25, 0.3) is 0 Å². The van der Waals surface area contributed by atoms with Crippen molar-refractivity contribution in [3.8, 4) is 5.75 Å². The van der Waals surface area contributed by atoms with Gasteiger partial charge in [-0.15, -0.1) is 0 Å². The molecule has 0 aromatic heterocycles. The Kier molecular flexibility index (Phi) is 9.06. The van der Waals surface area contributed by atoms with Gasteiger partial charge < -0.3 is 14.5 Å². The summed E-state index contributed by atoms with van der Waals surface area (Å²) in [6.45, 7) is 4.95. The Labute approximate surface area is 234 Å². The third-order valence-electron chi connectivity index (χ3n) is 9.61. The first-order valence-electron chi connectivity index (χ1n) is 15.2. The minimum atomic E-state index is -0.281. The van der Waals surface area contributed by atoms with Crippen LogP contribution in [-0.2, 0) is 21.4 Å². The van der Waals surface area contributed by atoms with Gasteiger partial charge >= 0.3 is 5.97 Å². The summed E-state index contributed by atoms with van der Waals surface area (Å²) in [4.78, 5) is 29.7. The Hall–Kier alpha value is -2.66. The van der Waals surface area contributed by atoms with Crippen molar-refractivity contribution in [1.82, 2.24) is 9.80 Å². The number of nitrogens with zero attached hydrogens (tertiary/aromatic N) is 2. The number of hydrogen-bond donors (Lipinski definition) is 0. The molecule has 5 nitrogen and oxygen atoms in total. The summed E-state index contributed by atoms with van der Waals surface area (Å²) in [6.07, 6.45) is 12.0. The van der Waals surface area contributed by atoms with Crippen molar-refractivity contribution in [1.29, 1.82) is 0 Å². The zero-order chi connectivity index (χ0) is 27.2. The van der Waals surface area contributed by atoms with Crippen LogP contribution in [-0.4, -0.2) is 54.4 Å². The number of aryl methyl sites for hydroxylation is 1. The fourth-order valence-electron chi connectivity index (χ4n) is 7.19. The minimum Gasteiger partial charge on any atom is -0.427 e. The van der Waals surface area contributed by atoms with Gasteiger partial charge in [-0.25, -0.2) is 0 Å². The number of carbonyl (C=O) groups excluding carboxylic acids is 2. The summed E-state index contributed by atoms with van der Waals surface area (Å²) in [5.74, 6) is 2.10. The first-order chi connectivity index (χ1) is 18.9. The molecule has 5 heteroatoms. The predicted octanol–water partition coefficient (Wildman–Crippen LogP) is 6.40. The van der Waals surface area contributed by atoms with Crippen molar-refractivity contribution in [3.05, 3.63) is 65.7 Å². The monoisotopic (exact) mass is 530 g/mol. The number of benzene rings is 2. The lowest BCUT2D eigenvalue weighted by molar-refractivity contribution is -0.134. The topological polar surface area (TPSA) is 49.9 Å². The molecule has 1 saturated heterocycles. The highest BCUT2D eigenvalue weighted by Crippen LogP contribution is 2.51. The fraction of sp³-hybridized carbons (Fsp3) is 0.588. The highest BCUT2D eigenvalue weighted by molar-refractivity contribution is 5.76. The maximum absolute atomic E-state index is 13.3. The average molecular weight is 531 g/mol. The van der Waals surface area contributed by atoms with Gasteiger partial charge in [0.15, 0.2) is 0 Å². The third kappa shape index (κ3) is 7.11. The van der Waals surface area contributed by atoms with Crippen molar-refractivity contribution in [2.24, 2.45) is 11.8 Å². The Balaban J connectivity index is 1.23. The first-order valence-corrected chi connectivity index (χ1v) is 15.2. The van der Waals surface area contributed by atoms with Crippen LogP contribution < -0.4 is 4.74 Å². The Bertz CT molecular complexity index is 1110. The number of ether oxygens (including phenoxy) is 1. The van der Waals surface area contributed by atoms with Crippen LogP contribution in [0.15, 0.2) is 54.6 Å². The first kappa shape index (κ1) is 27.9. The molecule has 1 amide bonds. The van der Waals surface area contributed by atoms with E-state index in [1.807, 2.05) is 19.2 Å². The molecule has 2 aromatic carbocycles. The fourth-order valence-corrected chi connectivity index (χ4v) is 7.19. The van der Waals surface area contributed by atoms with Crippen molar-refractivity contribution in [2.45, 2.75) is 89.0 Å². The minimum absolute atomic E-state index is 0.0172. The van der Waals surface area contributed by atoms with Crippen LogP contribution in [0, 0.1) is 11.8 Å². The molecule has 0 bridgehead atoms. The number of hydrogen-bond acceptors (Lipinski definition) is 4. The predicted molar refractivity (Wildman–Crippen MR) is 156 cm³/mol. The van der Waals surface area contributed by atoms with Gasteiger partial charge in [-0.3, -0.25) is 9.59 Å². The lowest BCUT2D eigenvalue weighted by Gasteiger charge is -2.54. The smallest absolute Gasteiger partial charge is 0.308 e. The summed E-state index contributed by atoms with van der Waals surface area (Å²) in [7, 11) is 2.03. The van der Waals surface area contributed by atoms with E-state index in [4.69, 9.17) is 4.74 Å². The van der Waals surface area contributed by atoms with E-state index in [-0.39, 0.29) is 23.3 Å². The zero-order valence-electron chi connectivity index (χ0n) is 23.9. The van der Waals surface area contributed by atoms with E-state index in [0.717, 1.165) is 70.4 Å². The SMILES string of the molecule is CC(=O)Oc1cccc([C@@]23CCN(CC4CC4)C[C@H]2CC[C@@H](N(C)C(=O)CCCCCc2ccccc2)C3)c1. The average Bonchev–Trinajstić information content (AvgIpc) is 3.76. The molecule has 0 spiro atoms. The molecule has 2 aromatic rings. The number of likely N-dealkylation sites (tertiary alicyclic amines) is 1. The van der Waals surface area contributed by atoms with Gasteiger partial charge in [0.2, 0.25) is 5.91 Å². The molecule has 5 rings (SSSR count). The van der Waals surface area contributed by atoms with Crippen LogP contribution in [0.2, 0.25) is 0 Å². The molecule has 3 aliphatic rings. The van der Waals surface area contributed by atoms with Crippen molar-refractivity contribution in [2.75, 3.05) is 26.7 Å². The largest absolute Gasteiger partial charge is 0.427 e. The molecular weight excluding hydrogens is 484 g/mol. The van der Waals surface area contributed by atoms with Crippen LogP contribution >= 0.6 is 0 Å². The lowest BCUT2D eigenvalue weighted by Crippen LogP contribution is -2.56. The highest BCUT2D eigenvalue weighted by atomic mass is 16.5. The normalized spacial score (nSPS) is 25.1. The van der Waals surface area contributed by atoms with E-state index in [9.17, 15) is 9.59 Å². The van der Waals surface area contributed by atoms with E-state index >= 15 is 0 Å². The van der Waals surface area contributed by atoms with Gasteiger partial charge in [-0.05, 0) is 99.4 Å². The molecule has 3 atom stereocenters. The Morgan fingerprint density at radius 1 is 1.00 bits per heavy atom. The van der Waals surface area contributed by atoms with Crippen LogP contribution in [0.5, 0.6) is 5.75 Å². The number of carbonyl (C=O) groups is 2. The second-order valence-electron chi connectivity index (χ2n) is 12.4. The quantitative estimate of drug-likeness (QED) is 0.192. The summed E-state index contributed by atoms with van der Waals surface area (Å²) < 4.78 is 5.50. The molecule has 0 N–H and O–H groups in total. The van der Waals surface area contributed by atoms with Crippen molar-refractivity contribution >= 4 is 11.9 Å². The van der Waals surface area contributed by atoms with E-state index in [1.165, 1.54) is 37.4 Å². The molecule has 3 fully saturated rings.